The molecular weight excluding hydrogens is 304 g/mol. The second-order valence-electron chi connectivity index (χ2n) is 4.94. The minimum atomic E-state index is 0.516. The molecule has 0 unspecified atom stereocenters. The van der Waals surface area contributed by atoms with Gasteiger partial charge < -0.3 is 4.74 Å². The molecule has 1 heterocycles. The fourth-order valence-corrected chi connectivity index (χ4v) is 2.94. The SMILES string of the molecule is Brc1ccccc1OCc1ccn(C2CCCC2)n1. The monoisotopic (exact) mass is 320 g/mol. The summed E-state index contributed by atoms with van der Waals surface area (Å²) in [6.07, 6.45) is 7.24. The fourth-order valence-electron chi connectivity index (χ4n) is 2.54. The van der Waals surface area contributed by atoms with E-state index in [1.54, 1.807) is 0 Å². The summed E-state index contributed by atoms with van der Waals surface area (Å²) in [6, 6.07) is 10.5. The Hall–Kier alpha value is -1.29. The van der Waals surface area contributed by atoms with Gasteiger partial charge in [0.1, 0.15) is 12.4 Å². The Balaban J connectivity index is 1.63. The molecular formula is C15H17BrN2O. The highest BCUT2D eigenvalue weighted by atomic mass is 79.9. The van der Waals surface area contributed by atoms with Gasteiger partial charge >= 0.3 is 0 Å². The first-order chi connectivity index (χ1) is 9.33. The number of ether oxygens (including phenoxy) is 1. The topological polar surface area (TPSA) is 27.1 Å². The van der Waals surface area contributed by atoms with Crippen molar-refractivity contribution < 1.29 is 4.74 Å². The minimum Gasteiger partial charge on any atom is -0.486 e. The number of benzene rings is 1. The number of hydrogen-bond acceptors (Lipinski definition) is 2. The fraction of sp³-hybridized carbons (Fsp3) is 0.400. The summed E-state index contributed by atoms with van der Waals surface area (Å²) >= 11 is 3.48. The second kappa shape index (κ2) is 5.78. The Kier molecular flexibility index (Phi) is 3.87. The molecule has 0 amide bonds. The molecule has 0 bridgehead atoms. The average Bonchev–Trinajstić information content (AvgIpc) is 3.09. The maximum atomic E-state index is 5.78. The van der Waals surface area contributed by atoms with Gasteiger partial charge in [-0.25, -0.2) is 0 Å². The first-order valence-electron chi connectivity index (χ1n) is 6.74. The number of aromatic nitrogens is 2. The molecule has 1 fully saturated rings. The molecule has 1 aliphatic carbocycles. The van der Waals surface area contributed by atoms with Gasteiger partial charge in [0.05, 0.1) is 16.2 Å². The van der Waals surface area contributed by atoms with Gasteiger partial charge in [-0.1, -0.05) is 25.0 Å². The Morgan fingerprint density at radius 2 is 2.00 bits per heavy atom. The van der Waals surface area contributed by atoms with Crippen LogP contribution in [-0.4, -0.2) is 9.78 Å². The first-order valence-corrected chi connectivity index (χ1v) is 7.53. The third kappa shape index (κ3) is 3.00. The van der Waals surface area contributed by atoms with Crippen LogP contribution in [0.15, 0.2) is 41.0 Å². The zero-order valence-corrected chi connectivity index (χ0v) is 12.3. The molecule has 1 aromatic heterocycles. The highest BCUT2D eigenvalue weighted by Crippen LogP contribution is 2.29. The van der Waals surface area contributed by atoms with Crippen molar-refractivity contribution in [2.24, 2.45) is 0 Å². The lowest BCUT2D eigenvalue weighted by molar-refractivity contribution is 0.296. The second-order valence-corrected chi connectivity index (χ2v) is 5.80. The van der Waals surface area contributed by atoms with Crippen LogP contribution in [0.25, 0.3) is 0 Å². The van der Waals surface area contributed by atoms with E-state index < -0.39 is 0 Å². The molecule has 3 rings (SSSR count). The average molecular weight is 321 g/mol. The van der Waals surface area contributed by atoms with Crippen LogP contribution in [0.3, 0.4) is 0 Å². The lowest BCUT2D eigenvalue weighted by Crippen LogP contribution is -2.06. The Morgan fingerprint density at radius 3 is 2.79 bits per heavy atom. The van der Waals surface area contributed by atoms with Crippen molar-refractivity contribution in [3.63, 3.8) is 0 Å². The van der Waals surface area contributed by atoms with Gasteiger partial charge in [-0.2, -0.15) is 5.10 Å². The smallest absolute Gasteiger partial charge is 0.134 e. The minimum absolute atomic E-state index is 0.516. The van der Waals surface area contributed by atoms with Crippen molar-refractivity contribution in [1.29, 1.82) is 0 Å². The van der Waals surface area contributed by atoms with Gasteiger partial charge in [-0.15, -0.1) is 0 Å². The van der Waals surface area contributed by atoms with E-state index in [4.69, 9.17) is 4.74 Å². The molecule has 0 aliphatic heterocycles. The largest absolute Gasteiger partial charge is 0.486 e. The van der Waals surface area contributed by atoms with Gasteiger partial charge in [0, 0.05) is 6.20 Å². The van der Waals surface area contributed by atoms with E-state index >= 15 is 0 Å². The molecule has 1 aliphatic rings. The summed E-state index contributed by atoms with van der Waals surface area (Å²) in [5, 5.41) is 4.61. The van der Waals surface area contributed by atoms with Crippen molar-refractivity contribution in [3.05, 3.63) is 46.7 Å². The van der Waals surface area contributed by atoms with Crippen LogP contribution in [0.2, 0.25) is 0 Å². The summed E-state index contributed by atoms with van der Waals surface area (Å²) in [5.41, 5.74) is 0.989. The molecule has 0 N–H and O–H groups in total. The van der Waals surface area contributed by atoms with Crippen molar-refractivity contribution in [2.75, 3.05) is 0 Å². The van der Waals surface area contributed by atoms with Crippen LogP contribution in [0.5, 0.6) is 5.75 Å². The standard InChI is InChI=1S/C15H17BrN2O/c16-14-7-3-4-8-15(14)19-11-12-9-10-18(17-12)13-5-1-2-6-13/h3-4,7-10,13H,1-2,5-6,11H2. The third-order valence-electron chi connectivity index (χ3n) is 3.57. The maximum absolute atomic E-state index is 5.78. The predicted octanol–water partition coefficient (Wildman–Crippen LogP) is 4.34. The Labute approximate surface area is 121 Å². The van der Waals surface area contributed by atoms with E-state index in [0.29, 0.717) is 12.6 Å². The third-order valence-corrected chi connectivity index (χ3v) is 4.23. The van der Waals surface area contributed by atoms with Crippen molar-refractivity contribution >= 4 is 15.9 Å². The van der Waals surface area contributed by atoms with Gasteiger partial charge in [0.2, 0.25) is 0 Å². The van der Waals surface area contributed by atoms with Crippen LogP contribution >= 0.6 is 15.9 Å². The van der Waals surface area contributed by atoms with Crippen LogP contribution < -0.4 is 4.74 Å². The van der Waals surface area contributed by atoms with Crippen LogP contribution in [0.1, 0.15) is 37.4 Å². The lowest BCUT2D eigenvalue weighted by Gasteiger charge is -2.09. The Bertz CT molecular complexity index is 547. The molecule has 3 nitrogen and oxygen atoms in total. The summed E-state index contributed by atoms with van der Waals surface area (Å²) in [5.74, 6) is 0.859. The molecule has 0 atom stereocenters. The highest BCUT2D eigenvalue weighted by Gasteiger charge is 2.17. The zero-order chi connectivity index (χ0) is 13.1. The molecule has 0 saturated heterocycles. The number of para-hydroxylation sites is 1. The van der Waals surface area contributed by atoms with Crippen molar-refractivity contribution in [3.8, 4) is 5.75 Å². The van der Waals surface area contributed by atoms with Crippen LogP contribution in [-0.2, 0) is 6.61 Å². The number of hydrogen-bond donors (Lipinski definition) is 0. The first kappa shape index (κ1) is 12.7. The predicted molar refractivity (Wildman–Crippen MR) is 78.2 cm³/mol. The maximum Gasteiger partial charge on any atom is 0.134 e. The van der Waals surface area contributed by atoms with E-state index in [0.717, 1.165) is 15.9 Å². The molecule has 2 aromatic rings. The van der Waals surface area contributed by atoms with E-state index in [1.807, 2.05) is 24.3 Å². The summed E-state index contributed by atoms with van der Waals surface area (Å²) in [4.78, 5) is 0. The summed E-state index contributed by atoms with van der Waals surface area (Å²) in [6.45, 7) is 0.516. The van der Waals surface area contributed by atoms with Crippen molar-refractivity contribution in [2.45, 2.75) is 38.3 Å². The van der Waals surface area contributed by atoms with E-state index in [9.17, 15) is 0 Å². The quantitative estimate of drug-likeness (QED) is 0.837. The van der Waals surface area contributed by atoms with Gasteiger partial charge in [-0.3, -0.25) is 4.68 Å². The Morgan fingerprint density at radius 1 is 1.21 bits per heavy atom. The lowest BCUT2D eigenvalue weighted by atomic mass is 10.3. The molecule has 1 aromatic carbocycles. The van der Waals surface area contributed by atoms with Crippen LogP contribution in [0.4, 0.5) is 0 Å². The van der Waals surface area contributed by atoms with Gasteiger partial charge in [0.15, 0.2) is 0 Å². The number of halogens is 1. The zero-order valence-electron chi connectivity index (χ0n) is 10.8. The van der Waals surface area contributed by atoms with E-state index in [1.165, 1.54) is 25.7 Å². The normalized spacial score (nSPS) is 15.8. The molecule has 4 heteroatoms. The summed E-state index contributed by atoms with van der Waals surface area (Å²) in [7, 11) is 0. The summed E-state index contributed by atoms with van der Waals surface area (Å²) < 4.78 is 8.86. The molecule has 1 saturated carbocycles. The van der Waals surface area contributed by atoms with E-state index in [2.05, 4.69) is 38.0 Å². The highest BCUT2D eigenvalue weighted by molar-refractivity contribution is 9.10. The van der Waals surface area contributed by atoms with Gasteiger partial charge in [0.25, 0.3) is 0 Å². The molecule has 100 valence electrons. The molecule has 0 spiro atoms. The molecule has 0 radical (unpaired) electrons. The number of rotatable bonds is 4. The van der Waals surface area contributed by atoms with Crippen molar-refractivity contribution in [1.82, 2.24) is 9.78 Å². The number of nitrogens with zero attached hydrogens (tertiary/aromatic N) is 2. The van der Waals surface area contributed by atoms with Gasteiger partial charge in [-0.05, 0) is 47.0 Å². The van der Waals surface area contributed by atoms with E-state index in [-0.39, 0.29) is 0 Å². The molecule has 19 heavy (non-hydrogen) atoms. The van der Waals surface area contributed by atoms with Crippen LogP contribution in [0, 0.1) is 0 Å².